The van der Waals surface area contributed by atoms with E-state index < -0.39 is 11.8 Å². The minimum absolute atomic E-state index is 0.451. The molecule has 1 aromatic rings. The van der Waals surface area contributed by atoms with Crippen LogP contribution in [0.25, 0.3) is 0 Å². The van der Waals surface area contributed by atoms with Crippen LogP contribution in [0.1, 0.15) is 25.3 Å². The molecule has 0 unspecified atom stereocenters. The van der Waals surface area contributed by atoms with Crippen LogP contribution in [0.2, 0.25) is 0 Å². The number of rotatable bonds is 9. The van der Waals surface area contributed by atoms with Gasteiger partial charge in [0.2, 0.25) is 0 Å². The fourth-order valence-electron chi connectivity index (χ4n) is 2.50. The minimum atomic E-state index is -0.777. The molecule has 0 spiro atoms. The van der Waals surface area contributed by atoms with Gasteiger partial charge in [-0.3, -0.25) is 14.5 Å². The van der Waals surface area contributed by atoms with Crippen molar-refractivity contribution in [1.29, 1.82) is 0 Å². The molecule has 1 fully saturated rings. The van der Waals surface area contributed by atoms with E-state index in [1.54, 1.807) is 0 Å². The van der Waals surface area contributed by atoms with Crippen LogP contribution >= 0.6 is 0 Å². The number of hydrogen-bond acceptors (Lipinski definition) is 6. The number of nitrogens with one attached hydrogen (secondary N) is 2. The summed E-state index contributed by atoms with van der Waals surface area (Å²) < 4.78 is 10.8. The zero-order valence-electron chi connectivity index (χ0n) is 15.8. The van der Waals surface area contributed by atoms with Crippen molar-refractivity contribution >= 4 is 18.0 Å². The predicted octanol–water partition coefficient (Wildman–Crippen LogP) is 0.764. The second-order valence-corrected chi connectivity index (χ2v) is 6.18. The number of benzene rings is 1. The summed E-state index contributed by atoms with van der Waals surface area (Å²) >= 11 is 0. The molecule has 0 aromatic heterocycles. The highest BCUT2D eigenvalue weighted by Crippen LogP contribution is 2.11. The molecule has 1 heterocycles. The molecule has 8 heteroatoms. The molecule has 2 N–H and O–H groups in total. The van der Waals surface area contributed by atoms with Gasteiger partial charge in [0, 0.05) is 19.6 Å². The van der Waals surface area contributed by atoms with Gasteiger partial charge in [-0.15, -0.1) is 0 Å². The zero-order valence-corrected chi connectivity index (χ0v) is 15.8. The number of hydrazone groups is 1. The summed E-state index contributed by atoms with van der Waals surface area (Å²) in [4.78, 5) is 25.7. The third-order valence-corrected chi connectivity index (χ3v) is 3.98. The van der Waals surface area contributed by atoms with Crippen LogP contribution in [0, 0.1) is 0 Å². The van der Waals surface area contributed by atoms with Gasteiger partial charge >= 0.3 is 11.8 Å². The number of hydrogen-bond donors (Lipinski definition) is 2. The van der Waals surface area contributed by atoms with E-state index in [9.17, 15) is 9.59 Å². The fraction of sp³-hybridized carbons (Fsp3) is 0.526. The number of ether oxygens (including phenoxy) is 2. The molecule has 0 aliphatic carbocycles. The van der Waals surface area contributed by atoms with Gasteiger partial charge in [-0.2, -0.15) is 5.10 Å². The monoisotopic (exact) mass is 376 g/mol. The van der Waals surface area contributed by atoms with Crippen molar-refractivity contribution in [1.82, 2.24) is 15.6 Å². The van der Waals surface area contributed by atoms with Crippen LogP contribution in [-0.4, -0.2) is 68.9 Å². The minimum Gasteiger partial charge on any atom is -0.494 e. The molecule has 1 aliphatic heterocycles. The van der Waals surface area contributed by atoms with E-state index in [4.69, 9.17) is 9.47 Å². The first-order chi connectivity index (χ1) is 13.2. The highest BCUT2D eigenvalue weighted by atomic mass is 16.5. The highest BCUT2D eigenvalue weighted by Gasteiger charge is 2.13. The molecule has 2 rings (SSSR count). The summed E-state index contributed by atoms with van der Waals surface area (Å²) in [5.41, 5.74) is 3.03. The Morgan fingerprint density at radius 1 is 1.22 bits per heavy atom. The third kappa shape index (κ3) is 8.19. The van der Waals surface area contributed by atoms with Crippen molar-refractivity contribution in [3.63, 3.8) is 0 Å². The van der Waals surface area contributed by atoms with Gasteiger partial charge in [-0.05, 0) is 49.2 Å². The van der Waals surface area contributed by atoms with Gasteiger partial charge in [0.15, 0.2) is 0 Å². The highest BCUT2D eigenvalue weighted by molar-refractivity contribution is 6.35. The average Bonchev–Trinajstić information content (AvgIpc) is 2.71. The van der Waals surface area contributed by atoms with Crippen molar-refractivity contribution in [3.8, 4) is 5.75 Å². The molecule has 27 heavy (non-hydrogen) atoms. The van der Waals surface area contributed by atoms with Gasteiger partial charge in [-0.25, -0.2) is 5.43 Å². The topological polar surface area (TPSA) is 92.3 Å². The Morgan fingerprint density at radius 2 is 1.96 bits per heavy atom. The first-order valence-corrected chi connectivity index (χ1v) is 9.33. The molecule has 1 aliphatic rings. The van der Waals surface area contributed by atoms with Crippen molar-refractivity contribution in [2.24, 2.45) is 5.10 Å². The zero-order chi connectivity index (χ0) is 19.3. The standard InChI is InChI=1S/C19H28N4O4/c1-2-12-27-17-6-4-16(5-7-17)15-21-22-19(25)18(24)20-8-3-9-23-10-13-26-14-11-23/h4-7,15H,2-3,8-14H2,1H3,(H,20,24)(H,22,25)/b21-15-. The Bertz CT molecular complexity index is 613. The normalized spacial score (nSPS) is 14.9. The number of carbonyl (C=O) groups is 2. The van der Waals surface area contributed by atoms with E-state index in [0.717, 1.165) is 57.0 Å². The van der Waals surface area contributed by atoms with Crippen molar-refractivity contribution in [3.05, 3.63) is 29.8 Å². The molecular formula is C19H28N4O4. The Morgan fingerprint density at radius 3 is 2.67 bits per heavy atom. The largest absolute Gasteiger partial charge is 0.494 e. The van der Waals surface area contributed by atoms with E-state index in [1.165, 1.54) is 6.21 Å². The summed E-state index contributed by atoms with van der Waals surface area (Å²) in [6.45, 7) is 7.37. The van der Waals surface area contributed by atoms with E-state index in [1.807, 2.05) is 31.2 Å². The first-order valence-electron chi connectivity index (χ1n) is 9.33. The molecule has 0 bridgehead atoms. The van der Waals surface area contributed by atoms with Gasteiger partial charge in [-0.1, -0.05) is 6.92 Å². The fourth-order valence-corrected chi connectivity index (χ4v) is 2.50. The number of morpholine rings is 1. The molecule has 0 radical (unpaired) electrons. The lowest BCUT2D eigenvalue weighted by molar-refractivity contribution is -0.139. The van der Waals surface area contributed by atoms with Gasteiger partial charge < -0.3 is 14.8 Å². The Hall–Kier alpha value is -2.45. The number of amides is 2. The maximum absolute atomic E-state index is 11.7. The predicted molar refractivity (Wildman–Crippen MR) is 103 cm³/mol. The number of carbonyl (C=O) groups excluding carboxylic acids is 2. The molecule has 148 valence electrons. The quantitative estimate of drug-likeness (QED) is 0.287. The van der Waals surface area contributed by atoms with Crippen LogP contribution < -0.4 is 15.5 Å². The summed E-state index contributed by atoms with van der Waals surface area (Å²) in [7, 11) is 0. The van der Waals surface area contributed by atoms with Crippen molar-refractivity contribution < 1.29 is 19.1 Å². The molecule has 8 nitrogen and oxygen atoms in total. The smallest absolute Gasteiger partial charge is 0.329 e. The maximum Gasteiger partial charge on any atom is 0.329 e. The lowest BCUT2D eigenvalue weighted by atomic mass is 10.2. The summed E-state index contributed by atoms with van der Waals surface area (Å²) in [6.07, 6.45) is 3.21. The van der Waals surface area contributed by atoms with E-state index in [-0.39, 0.29) is 0 Å². The SMILES string of the molecule is CCCOc1ccc(/C=N\NC(=O)C(=O)NCCCN2CCOCC2)cc1. The maximum atomic E-state index is 11.7. The molecule has 0 saturated carbocycles. The van der Waals surface area contributed by atoms with Crippen molar-refractivity contribution in [2.75, 3.05) is 46.0 Å². The van der Waals surface area contributed by atoms with Crippen LogP contribution in [0.15, 0.2) is 29.4 Å². The van der Waals surface area contributed by atoms with Crippen LogP contribution in [-0.2, 0) is 14.3 Å². The van der Waals surface area contributed by atoms with Crippen molar-refractivity contribution in [2.45, 2.75) is 19.8 Å². The molecule has 1 aromatic carbocycles. The van der Waals surface area contributed by atoms with Crippen LogP contribution in [0.4, 0.5) is 0 Å². The summed E-state index contributed by atoms with van der Waals surface area (Å²) in [6, 6.07) is 7.32. The number of nitrogens with zero attached hydrogens (tertiary/aromatic N) is 2. The Balaban J connectivity index is 1.62. The second-order valence-electron chi connectivity index (χ2n) is 6.18. The van der Waals surface area contributed by atoms with Gasteiger partial charge in [0.1, 0.15) is 5.75 Å². The van der Waals surface area contributed by atoms with Crippen LogP contribution in [0.5, 0.6) is 5.75 Å². The molecular weight excluding hydrogens is 348 g/mol. The van der Waals surface area contributed by atoms with Gasteiger partial charge in [0.25, 0.3) is 0 Å². The molecule has 2 amide bonds. The third-order valence-electron chi connectivity index (χ3n) is 3.98. The van der Waals surface area contributed by atoms with E-state index in [0.29, 0.717) is 13.2 Å². The molecule has 1 saturated heterocycles. The second kappa shape index (κ2) is 12.0. The van der Waals surface area contributed by atoms with E-state index in [2.05, 4.69) is 20.7 Å². The Kier molecular flexibility index (Phi) is 9.29. The summed E-state index contributed by atoms with van der Waals surface area (Å²) in [5.74, 6) is -0.674. The lowest BCUT2D eigenvalue weighted by Crippen LogP contribution is -2.40. The van der Waals surface area contributed by atoms with Gasteiger partial charge in [0.05, 0.1) is 26.0 Å². The Labute approximate surface area is 159 Å². The van der Waals surface area contributed by atoms with E-state index >= 15 is 0 Å². The summed E-state index contributed by atoms with van der Waals surface area (Å²) in [5, 5.41) is 6.41. The molecule has 0 atom stereocenters. The van der Waals surface area contributed by atoms with Crippen LogP contribution in [0.3, 0.4) is 0 Å². The first kappa shape index (κ1) is 20.9. The lowest BCUT2D eigenvalue weighted by Gasteiger charge is -2.26. The average molecular weight is 376 g/mol.